The van der Waals surface area contributed by atoms with Gasteiger partial charge in [0.05, 0.1) is 6.42 Å². The Morgan fingerprint density at radius 2 is 2.06 bits per heavy atom. The Hall–Kier alpha value is -1.68. The van der Waals surface area contributed by atoms with Gasteiger partial charge in [-0.05, 0) is 25.6 Å². The van der Waals surface area contributed by atoms with E-state index in [0.717, 1.165) is 25.2 Å². The van der Waals surface area contributed by atoms with E-state index in [1.807, 2.05) is 25.2 Å². The molecule has 4 heteroatoms. The predicted molar refractivity (Wildman–Crippen MR) is 65.8 cm³/mol. The van der Waals surface area contributed by atoms with Gasteiger partial charge in [-0.25, -0.2) is 0 Å². The van der Waals surface area contributed by atoms with Crippen LogP contribution in [0.1, 0.15) is 23.7 Å². The van der Waals surface area contributed by atoms with E-state index in [1.54, 1.807) is 0 Å². The fourth-order valence-corrected chi connectivity index (χ4v) is 1.66. The van der Waals surface area contributed by atoms with Gasteiger partial charge < -0.3 is 9.84 Å². The van der Waals surface area contributed by atoms with Crippen molar-refractivity contribution in [1.82, 2.24) is 15.5 Å². The van der Waals surface area contributed by atoms with E-state index in [9.17, 15) is 0 Å². The first-order chi connectivity index (χ1) is 8.38. The fraction of sp³-hybridized carbons (Fsp3) is 0.385. The van der Waals surface area contributed by atoms with Crippen molar-refractivity contribution in [3.8, 4) is 0 Å². The van der Waals surface area contributed by atoms with Crippen molar-refractivity contribution in [2.45, 2.75) is 19.3 Å². The number of aryl methyl sites for hydroxylation is 1. The average Bonchev–Trinajstić information content (AvgIpc) is 2.79. The molecule has 2 rings (SSSR count). The Morgan fingerprint density at radius 1 is 1.24 bits per heavy atom. The van der Waals surface area contributed by atoms with Crippen molar-refractivity contribution in [3.05, 3.63) is 47.6 Å². The molecule has 0 spiro atoms. The first-order valence-corrected chi connectivity index (χ1v) is 5.88. The van der Waals surface area contributed by atoms with Gasteiger partial charge in [0.2, 0.25) is 5.89 Å². The van der Waals surface area contributed by atoms with E-state index in [0.29, 0.717) is 12.3 Å². The van der Waals surface area contributed by atoms with Crippen LogP contribution in [0.5, 0.6) is 0 Å². The normalized spacial score (nSPS) is 10.6. The van der Waals surface area contributed by atoms with E-state index in [1.165, 1.54) is 5.56 Å². The van der Waals surface area contributed by atoms with Gasteiger partial charge in [-0.15, -0.1) is 0 Å². The highest BCUT2D eigenvalue weighted by atomic mass is 16.5. The second kappa shape index (κ2) is 6.15. The van der Waals surface area contributed by atoms with Gasteiger partial charge >= 0.3 is 0 Å². The van der Waals surface area contributed by atoms with E-state index in [4.69, 9.17) is 4.52 Å². The summed E-state index contributed by atoms with van der Waals surface area (Å²) in [6, 6.07) is 10.1. The molecular formula is C13H17N3O. The molecule has 4 nitrogen and oxygen atoms in total. The maximum atomic E-state index is 5.22. The largest absolute Gasteiger partial charge is 0.339 e. The van der Waals surface area contributed by atoms with Crippen molar-refractivity contribution in [3.63, 3.8) is 0 Å². The molecule has 0 bridgehead atoms. The molecule has 0 aliphatic carbocycles. The van der Waals surface area contributed by atoms with E-state index < -0.39 is 0 Å². The lowest BCUT2D eigenvalue weighted by Gasteiger charge is -1.94. The van der Waals surface area contributed by atoms with Crippen LogP contribution < -0.4 is 5.32 Å². The Labute approximate surface area is 101 Å². The first-order valence-electron chi connectivity index (χ1n) is 5.88. The predicted octanol–water partition coefficient (Wildman–Crippen LogP) is 1.81. The number of hydrogen-bond donors (Lipinski definition) is 1. The van der Waals surface area contributed by atoms with Crippen LogP contribution in [0.15, 0.2) is 34.9 Å². The van der Waals surface area contributed by atoms with Gasteiger partial charge in [0.15, 0.2) is 5.82 Å². The zero-order valence-electron chi connectivity index (χ0n) is 10.0. The van der Waals surface area contributed by atoms with Gasteiger partial charge in [-0.2, -0.15) is 4.98 Å². The third-order valence-corrected chi connectivity index (χ3v) is 2.54. The summed E-state index contributed by atoms with van der Waals surface area (Å²) >= 11 is 0. The lowest BCUT2D eigenvalue weighted by molar-refractivity contribution is 0.379. The molecule has 17 heavy (non-hydrogen) atoms. The standard InChI is InChI=1S/C13H17N3O/c1-14-9-5-8-12-15-13(17-16-12)10-11-6-3-2-4-7-11/h2-4,6-7,14H,5,8-10H2,1H3. The van der Waals surface area contributed by atoms with Gasteiger partial charge in [0.1, 0.15) is 0 Å². The Morgan fingerprint density at radius 3 is 2.82 bits per heavy atom. The van der Waals surface area contributed by atoms with Crippen molar-refractivity contribution in [2.24, 2.45) is 0 Å². The van der Waals surface area contributed by atoms with Crippen LogP contribution in [0.2, 0.25) is 0 Å². The van der Waals surface area contributed by atoms with Gasteiger partial charge in [-0.1, -0.05) is 35.5 Å². The molecule has 1 aromatic heterocycles. The van der Waals surface area contributed by atoms with E-state index in [-0.39, 0.29) is 0 Å². The molecule has 1 aromatic carbocycles. The Balaban J connectivity index is 1.90. The summed E-state index contributed by atoms with van der Waals surface area (Å²) < 4.78 is 5.22. The van der Waals surface area contributed by atoms with Gasteiger partial charge in [-0.3, -0.25) is 0 Å². The number of aromatic nitrogens is 2. The molecule has 1 heterocycles. The first kappa shape index (κ1) is 11.8. The quantitative estimate of drug-likeness (QED) is 0.770. The van der Waals surface area contributed by atoms with E-state index >= 15 is 0 Å². The lowest BCUT2D eigenvalue weighted by atomic mass is 10.1. The summed E-state index contributed by atoms with van der Waals surface area (Å²) in [6.07, 6.45) is 2.60. The summed E-state index contributed by atoms with van der Waals surface area (Å²) in [5.41, 5.74) is 1.19. The van der Waals surface area contributed by atoms with Crippen molar-refractivity contribution >= 4 is 0 Å². The molecule has 2 aromatic rings. The van der Waals surface area contributed by atoms with Crippen LogP contribution in [0, 0.1) is 0 Å². The van der Waals surface area contributed by atoms with Crippen molar-refractivity contribution in [2.75, 3.05) is 13.6 Å². The summed E-state index contributed by atoms with van der Waals surface area (Å²) in [4.78, 5) is 4.37. The number of benzene rings is 1. The molecule has 0 unspecified atom stereocenters. The second-order valence-electron chi connectivity index (χ2n) is 3.97. The zero-order valence-corrected chi connectivity index (χ0v) is 10.0. The maximum absolute atomic E-state index is 5.22. The maximum Gasteiger partial charge on any atom is 0.231 e. The third kappa shape index (κ3) is 3.67. The number of hydrogen-bond acceptors (Lipinski definition) is 4. The van der Waals surface area contributed by atoms with Crippen molar-refractivity contribution in [1.29, 1.82) is 0 Å². The highest BCUT2D eigenvalue weighted by Crippen LogP contribution is 2.07. The molecule has 0 aliphatic heterocycles. The molecule has 90 valence electrons. The second-order valence-corrected chi connectivity index (χ2v) is 3.97. The minimum Gasteiger partial charge on any atom is -0.339 e. The minimum atomic E-state index is 0.690. The molecule has 0 fully saturated rings. The minimum absolute atomic E-state index is 0.690. The van der Waals surface area contributed by atoms with Crippen LogP contribution in [-0.2, 0) is 12.8 Å². The van der Waals surface area contributed by atoms with Gasteiger partial charge in [0, 0.05) is 6.42 Å². The smallest absolute Gasteiger partial charge is 0.231 e. The van der Waals surface area contributed by atoms with E-state index in [2.05, 4.69) is 27.6 Å². The summed E-state index contributed by atoms with van der Waals surface area (Å²) in [5, 5.41) is 7.07. The summed E-state index contributed by atoms with van der Waals surface area (Å²) in [5.74, 6) is 1.49. The lowest BCUT2D eigenvalue weighted by Crippen LogP contribution is -2.08. The molecule has 0 saturated heterocycles. The van der Waals surface area contributed by atoms with Crippen LogP contribution >= 0.6 is 0 Å². The van der Waals surface area contributed by atoms with Crippen LogP contribution in [0.4, 0.5) is 0 Å². The molecule has 0 atom stereocenters. The Bertz CT molecular complexity index is 439. The highest BCUT2D eigenvalue weighted by molar-refractivity contribution is 5.17. The zero-order chi connectivity index (χ0) is 11.9. The fourth-order valence-electron chi connectivity index (χ4n) is 1.66. The number of nitrogens with zero attached hydrogens (tertiary/aromatic N) is 2. The summed E-state index contributed by atoms with van der Waals surface area (Å²) in [6.45, 7) is 0.975. The number of rotatable bonds is 6. The molecule has 0 aliphatic rings. The molecule has 0 saturated carbocycles. The summed E-state index contributed by atoms with van der Waals surface area (Å²) in [7, 11) is 1.94. The van der Waals surface area contributed by atoms with Crippen LogP contribution in [-0.4, -0.2) is 23.7 Å². The SMILES string of the molecule is CNCCCc1noc(Cc2ccccc2)n1. The molecule has 0 amide bonds. The molecule has 1 N–H and O–H groups in total. The van der Waals surface area contributed by atoms with Crippen molar-refractivity contribution < 1.29 is 4.52 Å². The monoisotopic (exact) mass is 231 g/mol. The number of nitrogens with one attached hydrogen (secondary N) is 1. The topological polar surface area (TPSA) is 51.0 Å². The highest BCUT2D eigenvalue weighted by Gasteiger charge is 2.06. The van der Waals surface area contributed by atoms with Crippen LogP contribution in [0.3, 0.4) is 0 Å². The van der Waals surface area contributed by atoms with Gasteiger partial charge in [0.25, 0.3) is 0 Å². The Kier molecular flexibility index (Phi) is 4.27. The van der Waals surface area contributed by atoms with Crippen LogP contribution in [0.25, 0.3) is 0 Å². The molecule has 0 radical (unpaired) electrons. The average molecular weight is 231 g/mol. The third-order valence-electron chi connectivity index (χ3n) is 2.54. The molecular weight excluding hydrogens is 214 g/mol.